The van der Waals surface area contributed by atoms with Crippen molar-refractivity contribution in [1.82, 2.24) is 10.6 Å². The highest BCUT2D eigenvalue weighted by Gasteiger charge is 2.47. The van der Waals surface area contributed by atoms with E-state index < -0.39 is 5.97 Å². The zero-order chi connectivity index (χ0) is 21.3. The van der Waals surface area contributed by atoms with Crippen LogP contribution in [0.1, 0.15) is 48.9 Å². The first-order chi connectivity index (χ1) is 14.5. The Labute approximate surface area is 176 Å². The number of rotatable bonds is 11. The van der Waals surface area contributed by atoms with Crippen LogP contribution in [0.2, 0.25) is 0 Å². The van der Waals surface area contributed by atoms with Gasteiger partial charge in [0, 0.05) is 24.4 Å². The third-order valence-electron chi connectivity index (χ3n) is 5.91. The van der Waals surface area contributed by atoms with E-state index in [-0.39, 0.29) is 42.9 Å². The summed E-state index contributed by atoms with van der Waals surface area (Å²) in [6, 6.07) is 8.82. The number of hydrogen-bond donors (Lipinski definition) is 3. The molecule has 1 aromatic rings. The maximum atomic E-state index is 12.2. The molecule has 7 nitrogen and oxygen atoms in total. The molecule has 30 heavy (non-hydrogen) atoms. The Balaban J connectivity index is 1.40. The number of carboxylic acids is 1. The molecule has 2 saturated heterocycles. The number of hydrogen-bond acceptors (Lipinski definition) is 4. The molecule has 2 heterocycles. The van der Waals surface area contributed by atoms with Crippen molar-refractivity contribution >= 4 is 17.8 Å². The smallest absolute Gasteiger partial charge is 0.303 e. The second kappa shape index (κ2) is 10.9. The molecule has 3 rings (SSSR count). The van der Waals surface area contributed by atoms with Crippen molar-refractivity contribution < 1.29 is 24.2 Å². The van der Waals surface area contributed by atoms with E-state index >= 15 is 0 Å². The zero-order valence-corrected chi connectivity index (χ0v) is 17.1. The topological polar surface area (TPSA) is 105 Å². The number of ether oxygens (including phenoxy) is 1. The van der Waals surface area contributed by atoms with Crippen molar-refractivity contribution in [3.05, 3.63) is 48.0 Å². The molecule has 4 atom stereocenters. The van der Waals surface area contributed by atoms with E-state index in [1.54, 1.807) is 24.3 Å². The van der Waals surface area contributed by atoms with Crippen molar-refractivity contribution in [3.63, 3.8) is 0 Å². The molecular weight excluding hydrogens is 384 g/mol. The maximum absolute atomic E-state index is 12.2. The highest BCUT2D eigenvalue weighted by atomic mass is 16.5. The van der Waals surface area contributed by atoms with Crippen molar-refractivity contribution in [2.75, 3.05) is 13.1 Å². The lowest BCUT2D eigenvalue weighted by atomic mass is 9.77. The molecule has 0 spiro atoms. The van der Waals surface area contributed by atoms with Gasteiger partial charge in [0.1, 0.15) is 0 Å². The minimum absolute atomic E-state index is 0.0520. The van der Waals surface area contributed by atoms with Gasteiger partial charge in [-0.15, -0.1) is 0 Å². The van der Waals surface area contributed by atoms with Crippen LogP contribution in [0.25, 0.3) is 0 Å². The molecule has 1 aromatic carbocycles. The van der Waals surface area contributed by atoms with Crippen molar-refractivity contribution in [1.29, 1.82) is 0 Å². The first-order valence-corrected chi connectivity index (χ1v) is 10.7. The van der Waals surface area contributed by atoms with Gasteiger partial charge in [-0.2, -0.15) is 0 Å². The lowest BCUT2D eigenvalue weighted by Gasteiger charge is -2.27. The average molecular weight is 415 g/mol. The molecule has 0 radical (unpaired) electrons. The van der Waals surface area contributed by atoms with Gasteiger partial charge in [0.2, 0.25) is 5.91 Å². The lowest BCUT2D eigenvalue weighted by molar-refractivity contribution is -0.137. The summed E-state index contributed by atoms with van der Waals surface area (Å²) >= 11 is 0. The minimum atomic E-state index is -0.763. The molecule has 0 saturated carbocycles. The van der Waals surface area contributed by atoms with E-state index in [0.717, 1.165) is 25.7 Å². The van der Waals surface area contributed by atoms with Crippen LogP contribution < -0.4 is 10.6 Å². The quantitative estimate of drug-likeness (QED) is 0.381. The van der Waals surface area contributed by atoms with Crippen LogP contribution in [0.15, 0.2) is 42.5 Å². The van der Waals surface area contributed by atoms with Gasteiger partial charge in [-0.05, 0) is 50.2 Å². The van der Waals surface area contributed by atoms with Crippen LogP contribution in [0.5, 0.6) is 0 Å². The summed E-state index contributed by atoms with van der Waals surface area (Å²) in [6.07, 6.45) is 9.13. The van der Waals surface area contributed by atoms with E-state index in [9.17, 15) is 14.4 Å². The van der Waals surface area contributed by atoms with Crippen LogP contribution in [0, 0.1) is 11.8 Å². The van der Waals surface area contributed by atoms with Gasteiger partial charge in [-0.25, -0.2) is 0 Å². The molecule has 162 valence electrons. The number of allylic oxidation sites excluding steroid dienone is 2. The van der Waals surface area contributed by atoms with E-state index in [2.05, 4.69) is 16.7 Å². The minimum Gasteiger partial charge on any atom is -0.481 e. The summed E-state index contributed by atoms with van der Waals surface area (Å²) in [6.45, 7) is 0.488. The summed E-state index contributed by atoms with van der Waals surface area (Å²) in [5.74, 6) is -0.606. The van der Waals surface area contributed by atoms with E-state index in [1.165, 1.54) is 0 Å². The van der Waals surface area contributed by atoms with Crippen LogP contribution in [-0.2, 0) is 14.3 Å². The normalized spacial score (nSPS) is 24.8. The SMILES string of the molecule is O=C(O)CCC/C=C\C[C@@H]1[C@H](CNC(=O)CNC(=O)c2ccccc2)[C@@H]2CC[C@H]1O2. The fraction of sp³-hybridized carbons (Fsp3) is 0.522. The number of carboxylic acid groups (broad SMARTS) is 1. The van der Waals surface area contributed by atoms with Gasteiger partial charge >= 0.3 is 5.97 Å². The van der Waals surface area contributed by atoms with E-state index in [1.807, 2.05) is 12.1 Å². The fourth-order valence-electron chi connectivity index (χ4n) is 4.37. The molecule has 7 heteroatoms. The van der Waals surface area contributed by atoms with Gasteiger partial charge in [-0.1, -0.05) is 30.4 Å². The average Bonchev–Trinajstić information content (AvgIpc) is 3.35. The van der Waals surface area contributed by atoms with Crippen molar-refractivity contribution in [2.24, 2.45) is 11.8 Å². The second-order valence-electron chi connectivity index (χ2n) is 7.96. The molecule has 0 aromatic heterocycles. The molecule has 2 fully saturated rings. The van der Waals surface area contributed by atoms with Gasteiger partial charge in [0.05, 0.1) is 18.8 Å². The summed E-state index contributed by atoms with van der Waals surface area (Å²) in [4.78, 5) is 34.8. The van der Waals surface area contributed by atoms with Crippen LogP contribution in [0.4, 0.5) is 0 Å². The number of amides is 2. The standard InChI is InChI=1S/C23H30N2O5/c26-21(15-25-23(29)16-8-4-3-5-9-16)24-14-18-17(19-12-13-20(18)30-19)10-6-1-2-7-11-22(27)28/h1,3-6,8-9,17-20H,2,7,10-15H2,(H,24,26)(H,25,29)(H,27,28)/b6-1-/t17-,18+,19-,20+/m1/s1. The highest BCUT2D eigenvalue weighted by molar-refractivity contribution is 5.96. The second-order valence-corrected chi connectivity index (χ2v) is 7.96. The first kappa shape index (κ1) is 22.0. The van der Waals surface area contributed by atoms with Gasteiger partial charge in [0.25, 0.3) is 5.91 Å². The number of nitrogens with one attached hydrogen (secondary N) is 2. The molecule has 0 unspecified atom stereocenters. The first-order valence-electron chi connectivity index (χ1n) is 10.7. The molecule has 2 aliphatic heterocycles. The molecule has 2 amide bonds. The van der Waals surface area contributed by atoms with Gasteiger partial charge in [-0.3, -0.25) is 14.4 Å². The Morgan fingerprint density at radius 3 is 2.50 bits per heavy atom. The molecule has 2 bridgehead atoms. The predicted octanol–water partition coefficient (Wildman–Crippen LogP) is 2.53. The highest BCUT2D eigenvalue weighted by Crippen LogP contribution is 2.44. The Morgan fingerprint density at radius 1 is 1.03 bits per heavy atom. The van der Waals surface area contributed by atoms with E-state index in [4.69, 9.17) is 9.84 Å². The van der Waals surface area contributed by atoms with Gasteiger partial charge < -0.3 is 20.5 Å². The summed E-state index contributed by atoms with van der Waals surface area (Å²) < 4.78 is 6.06. The largest absolute Gasteiger partial charge is 0.481 e. The molecule has 0 aliphatic carbocycles. The summed E-state index contributed by atoms with van der Waals surface area (Å²) in [7, 11) is 0. The number of benzene rings is 1. The van der Waals surface area contributed by atoms with Crippen LogP contribution in [-0.4, -0.2) is 48.2 Å². The Bertz CT molecular complexity index is 764. The zero-order valence-electron chi connectivity index (χ0n) is 17.1. The predicted molar refractivity (Wildman–Crippen MR) is 112 cm³/mol. The monoisotopic (exact) mass is 414 g/mol. The molecule has 2 aliphatic rings. The van der Waals surface area contributed by atoms with Gasteiger partial charge in [0.15, 0.2) is 0 Å². The number of fused-ring (bicyclic) bond motifs is 2. The molecular formula is C23H30N2O5. The third kappa shape index (κ3) is 6.16. The maximum Gasteiger partial charge on any atom is 0.303 e. The van der Waals surface area contributed by atoms with Crippen LogP contribution in [0.3, 0.4) is 0 Å². The lowest BCUT2D eigenvalue weighted by Crippen LogP contribution is -2.42. The number of aliphatic carboxylic acids is 1. The number of carbonyl (C=O) groups is 3. The number of carbonyl (C=O) groups excluding carboxylic acids is 2. The van der Waals surface area contributed by atoms with Crippen LogP contribution >= 0.6 is 0 Å². The van der Waals surface area contributed by atoms with Crippen molar-refractivity contribution in [2.45, 2.75) is 50.7 Å². The molecule has 3 N–H and O–H groups in total. The third-order valence-corrected chi connectivity index (χ3v) is 5.91. The van der Waals surface area contributed by atoms with E-state index in [0.29, 0.717) is 24.4 Å². The summed E-state index contributed by atoms with van der Waals surface area (Å²) in [5.41, 5.74) is 0.530. The Kier molecular flexibility index (Phi) is 8.02. The number of unbranched alkanes of at least 4 members (excludes halogenated alkanes) is 1. The summed E-state index contributed by atoms with van der Waals surface area (Å²) in [5, 5.41) is 14.3. The fourth-order valence-corrected chi connectivity index (χ4v) is 4.37. The Hall–Kier alpha value is -2.67. The van der Waals surface area contributed by atoms with Crippen molar-refractivity contribution in [3.8, 4) is 0 Å². The Morgan fingerprint density at radius 2 is 1.77 bits per heavy atom.